The molecule has 0 saturated carbocycles. The molecule has 0 spiro atoms. The Balaban J connectivity index is 2.14. The van der Waals surface area contributed by atoms with Gasteiger partial charge in [0, 0.05) is 17.4 Å². The van der Waals surface area contributed by atoms with E-state index in [0.717, 1.165) is 46.0 Å². The molecule has 0 bridgehead atoms. The summed E-state index contributed by atoms with van der Waals surface area (Å²) in [6, 6.07) is 5.87. The molecule has 3 rings (SSSR count). The molecular weight excluding hydrogens is 262 g/mol. The molecule has 1 aliphatic heterocycles. The summed E-state index contributed by atoms with van der Waals surface area (Å²) in [6.45, 7) is 5.28. The molecule has 1 aromatic carbocycles. The average molecular weight is 278 g/mol. The van der Waals surface area contributed by atoms with Gasteiger partial charge in [-0.2, -0.15) is 0 Å². The first-order chi connectivity index (χ1) is 9.15. The number of fused-ring (bicyclic) bond motifs is 2. The van der Waals surface area contributed by atoms with Gasteiger partial charge in [-0.3, -0.25) is 4.98 Å². The maximum atomic E-state index is 6.49. The number of rotatable bonds is 2. The number of halogens is 1. The van der Waals surface area contributed by atoms with Crippen LogP contribution in [0.1, 0.15) is 25.1 Å². The van der Waals surface area contributed by atoms with Crippen LogP contribution in [0, 0.1) is 0 Å². The van der Waals surface area contributed by atoms with Crippen molar-refractivity contribution in [1.29, 1.82) is 0 Å². The largest absolute Gasteiger partial charge is 0.491 e. The van der Waals surface area contributed by atoms with Crippen molar-refractivity contribution in [1.82, 2.24) is 4.98 Å². The predicted octanol–water partition coefficient (Wildman–Crippen LogP) is 3.75. The Morgan fingerprint density at radius 3 is 3.00 bits per heavy atom. The normalized spacial score (nSPS) is 14.7. The molecule has 0 saturated heterocycles. The van der Waals surface area contributed by atoms with E-state index in [4.69, 9.17) is 21.1 Å². The van der Waals surface area contributed by atoms with Crippen LogP contribution in [0.25, 0.3) is 10.9 Å². The van der Waals surface area contributed by atoms with E-state index in [2.05, 4.69) is 4.98 Å². The monoisotopic (exact) mass is 277 g/mol. The molecule has 0 atom stereocenters. The summed E-state index contributed by atoms with van der Waals surface area (Å²) in [5.74, 6) is 0.822. The molecular formula is C15H16ClNO2. The summed E-state index contributed by atoms with van der Waals surface area (Å²) in [5.41, 5.74) is 2.99. The maximum Gasteiger partial charge on any atom is 0.120 e. The van der Waals surface area contributed by atoms with Gasteiger partial charge in [0.2, 0.25) is 0 Å². The highest BCUT2D eigenvalue weighted by Gasteiger charge is 2.17. The zero-order chi connectivity index (χ0) is 13.4. The molecule has 2 aromatic rings. The van der Waals surface area contributed by atoms with Crippen LogP contribution in [0.2, 0.25) is 5.02 Å². The molecule has 3 nitrogen and oxygen atoms in total. The van der Waals surface area contributed by atoms with Crippen molar-refractivity contribution < 1.29 is 9.47 Å². The molecule has 0 fully saturated rings. The summed E-state index contributed by atoms with van der Waals surface area (Å²) < 4.78 is 11.2. The molecule has 2 heterocycles. The van der Waals surface area contributed by atoms with E-state index in [-0.39, 0.29) is 6.10 Å². The Kier molecular flexibility index (Phi) is 3.33. The van der Waals surface area contributed by atoms with Gasteiger partial charge in [0.05, 0.1) is 35.6 Å². The van der Waals surface area contributed by atoms with Gasteiger partial charge >= 0.3 is 0 Å². The zero-order valence-corrected chi connectivity index (χ0v) is 11.8. The Labute approximate surface area is 117 Å². The Hall–Kier alpha value is -1.32. The van der Waals surface area contributed by atoms with E-state index in [0.29, 0.717) is 6.61 Å². The molecule has 0 N–H and O–H groups in total. The lowest BCUT2D eigenvalue weighted by molar-refractivity contribution is 0.109. The average Bonchev–Trinajstić information content (AvgIpc) is 2.39. The van der Waals surface area contributed by atoms with E-state index in [1.165, 1.54) is 0 Å². The van der Waals surface area contributed by atoms with Gasteiger partial charge < -0.3 is 9.47 Å². The Morgan fingerprint density at radius 1 is 1.37 bits per heavy atom. The second kappa shape index (κ2) is 4.99. The van der Waals surface area contributed by atoms with Crippen LogP contribution >= 0.6 is 11.6 Å². The molecule has 1 aromatic heterocycles. The number of benzene rings is 1. The standard InChI is InChI=1S/C15H16ClNO2/c1-9(2)19-10-3-4-13-11(7-10)15(16)12-8-18-6-5-14(12)17-13/h3-4,7,9H,5-6,8H2,1-2H3. The topological polar surface area (TPSA) is 31.4 Å². The number of aromatic nitrogens is 1. The fourth-order valence-electron chi connectivity index (χ4n) is 2.33. The third-order valence-electron chi connectivity index (χ3n) is 3.17. The fourth-order valence-corrected chi connectivity index (χ4v) is 2.65. The van der Waals surface area contributed by atoms with Crippen LogP contribution in [-0.2, 0) is 17.8 Å². The first-order valence-corrected chi connectivity index (χ1v) is 6.88. The molecule has 0 radical (unpaired) electrons. The first kappa shape index (κ1) is 12.7. The number of ether oxygens (including phenoxy) is 2. The molecule has 100 valence electrons. The van der Waals surface area contributed by atoms with Gasteiger partial charge in [-0.15, -0.1) is 0 Å². The minimum Gasteiger partial charge on any atom is -0.491 e. The summed E-state index contributed by atoms with van der Waals surface area (Å²) >= 11 is 6.49. The van der Waals surface area contributed by atoms with Crippen LogP contribution in [0.3, 0.4) is 0 Å². The highest BCUT2D eigenvalue weighted by molar-refractivity contribution is 6.36. The SMILES string of the molecule is CC(C)Oc1ccc2nc3c(c(Cl)c2c1)COCC3. The lowest BCUT2D eigenvalue weighted by atomic mass is 10.1. The quantitative estimate of drug-likeness (QED) is 0.838. The first-order valence-electron chi connectivity index (χ1n) is 6.50. The van der Waals surface area contributed by atoms with E-state index in [1.807, 2.05) is 32.0 Å². The lowest BCUT2D eigenvalue weighted by Gasteiger charge is -2.19. The van der Waals surface area contributed by atoms with Gasteiger partial charge in [0.15, 0.2) is 0 Å². The zero-order valence-electron chi connectivity index (χ0n) is 11.1. The van der Waals surface area contributed by atoms with E-state index < -0.39 is 0 Å². The maximum absolute atomic E-state index is 6.49. The van der Waals surface area contributed by atoms with Crippen LogP contribution < -0.4 is 4.74 Å². The van der Waals surface area contributed by atoms with Crippen molar-refractivity contribution in [3.05, 3.63) is 34.5 Å². The van der Waals surface area contributed by atoms with Crippen molar-refractivity contribution in [2.45, 2.75) is 33.0 Å². The molecule has 0 unspecified atom stereocenters. The van der Waals surface area contributed by atoms with E-state index in [1.54, 1.807) is 0 Å². The van der Waals surface area contributed by atoms with E-state index >= 15 is 0 Å². The third kappa shape index (κ3) is 2.40. The second-order valence-electron chi connectivity index (χ2n) is 5.00. The predicted molar refractivity (Wildman–Crippen MR) is 75.9 cm³/mol. The Bertz CT molecular complexity index is 625. The third-order valence-corrected chi connectivity index (χ3v) is 3.61. The van der Waals surface area contributed by atoms with Crippen LogP contribution in [0.5, 0.6) is 5.75 Å². The highest BCUT2D eigenvalue weighted by Crippen LogP contribution is 2.33. The fraction of sp³-hybridized carbons (Fsp3) is 0.400. The number of hydrogen-bond donors (Lipinski definition) is 0. The molecule has 1 aliphatic rings. The van der Waals surface area contributed by atoms with Crippen molar-refractivity contribution in [3.8, 4) is 5.75 Å². The summed E-state index contributed by atoms with van der Waals surface area (Å²) in [7, 11) is 0. The minimum absolute atomic E-state index is 0.144. The van der Waals surface area contributed by atoms with Crippen molar-refractivity contribution in [2.75, 3.05) is 6.61 Å². The van der Waals surface area contributed by atoms with Gasteiger partial charge in [0.25, 0.3) is 0 Å². The van der Waals surface area contributed by atoms with Gasteiger partial charge in [0.1, 0.15) is 5.75 Å². The second-order valence-corrected chi connectivity index (χ2v) is 5.38. The number of nitrogens with zero attached hydrogens (tertiary/aromatic N) is 1. The number of hydrogen-bond acceptors (Lipinski definition) is 3. The van der Waals surface area contributed by atoms with Gasteiger partial charge in [-0.1, -0.05) is 11.6 Å². The van der Waals surface area contributed by atoms with E-state index in [9.17, 15) is 0 Å². The smallest absolute Gasteiger partial charge is 0.120 e. The van der Waals surface area contributed by atoms with Gasteiger partial charge in [-0.25, -0.2) is 0 Å². The summed E-state index contributed by atoms with van der Waals surface area (Å²) in [4.78, 5) is 4.68. The summed E-state index contributed by atoms with van der Waals surface area (Å²) in [5, 5.41) is 1.68. The summed E-state index contributed by atoms with van der Waals surface area (Å²) in [6.07, 6.45) is 0.972. The minimum atomic E-state index is 0.144. The molecule has 4 heteroatoms. The van der Waals surface area contributed by atoms with Crippen molar-refractivity contribution in [3.63, 3.8) is 0 Å². The molecule has 0 amide bonds. The van der Waals surface area contributed by atoms with Crippen molar-refractivity contribution in [2.24, 2.45) is 0 Å². The van der Waals surface area contributed by atoms with Crippen LogP contribution in [0.4, 0.5) is 0 Å². The van der Waals surface area contributed by atoms with Crippen molar-refractivity contribution >= 4 is 22.5 Å². The Morgan fingerprint density at radius 2 is 2.21 bits per heavy atom. The molecule has 19 heavy (non-hydrogen) atoms. The number of pyridine rings is 1. The molecule has 0 aliphatic carbocycles. The van der Waals surface area contributed by atoms with Gasteiger partial charge in [-0.05, 0) is 32.0 Å². The van der Waals surface area contributed by atoms with Crippen LogP contribution in [0.15, 0.2) is 18.2 Å². The highest BCUT2D eigenvalue weighted by atomic mass is 35.5. The lowest BCUT2D eigenvalue weighted by Crippen LogP contribution is -2.12. The van der Waals surface area contributed by atoms with Crippen LogP contribution in [-0.4, -0.2) is 17.7 Å².